The number of fused-ring (bicyclic) bond motifs is 4. The van der Waals surface area contributed by atoms with Gasteiger partial charge in [0, 0.05) is 36.5 Å². The number of anilines is 1. The van der Waals surface area contributed by atoms with Crippen LogP contribution in [0.2, 0.25) is 0 Å². The molecule has 3 heterocycles. The lowest BCUT2D eigenvalue weighted by molar-refractivity contribution is 0.0863. The van der Waals surface area contributed by atoms with Crippen LogP contribution < -0.4 is 14.8 Å². The van der Waals surface area contributed by atoms with E-state index in [9.17, 15) is 22.0 Å². The van der Waals surface area contributed by atoms with Crippen LogP contribution in [-0.4, -0.2) is 59.3 Å². The number of Topliss-reactive ketones (excluding diaryl/α,β-unsaturated/α-hetero) is 1. The number of alkyl halides is 2. The number of pyridine rings is 1. The molecular weight excluding hydrogens is 578 g/mol. The molecular formula is C30H34F2N6O4S. The number of nitrogens with two attached hydrogens (primary N) is 1. The Bertz CT molecular complexity index is 1880. The summed E-state index contributed by atoms with van der Waals surface area (Å²) in [5.41, 5.74) is 9.32. The predicted molar refractivity (Wildman–Crippen MR) is 159 cm³/mol. The summed E-state index contributed by atoms with van der Waals surface area (Å²) in [6.07, 6.45) is 5.64. The van der Waals surface area contributed by atoms with Crippen molar-refractivity contribution in [3.63, 3.8) is 0 Å². The van der Waals surface area contributed by atoms with Gasteiger partial charge in [-0.05, 0) is 80.2 Å². The van der Waals surface area contributed by atoms with Crippen LogP contribution in [0.5, 0.6) is 5.75 Å². The van der Waals surface area contributed by atoms with Crippen molar-refractivity contribution in [2.24, 2.45) is 36.5 Å². The van der Waals surface area contributed by atoms with Gasteiger partial charge in [-0.3, -0.25) is 4.79 Å². The average molecular weight is 613 g/mol. The summed E-state index contributed by atoms with van der Waals surface area (Å²) < 4.78 is 61.6. The van der Waals surface area contributed by atoms with Crippen LogP contribution in [-0.2, 0) is 23.6 Å². The van der Waals surface area contributed by atoms with E-state index in [4.69, 9.17) is 15.5 Å². The first kappa shape index (κ1) is 28.2. The molecule has 3 aliphatic carbocycles. The van der Waals surface area contributed by atoms with Gasteiger partial charge in [0.25, 0.3) is 0 Å². The number of aryl methyl sites for hydroxylation is 1. The summed E-state index contributed by atoms with van der Waals surface area (Å²) >= 11 is 0. The van der Waals surface area contributed by atoms with Crippen LogP contribution in [0.4, 0.5) is 14.6 Å². The standard InChI is InChI=1S/C30H34F2N6O4S/c1-36-26-22(11-18(13-24(26)42-2)27(39)20-9-16-8-19(20)21(33)10-16)34-29(36)23-12-17-6-7-25(38(30(31)32)43(3,40)41)35-28(17)37(23)14-15-4-5-15/h6-7,11-13,15-16,19-21,30H,4-5,8-10,14,33H2,1-3H3/t16-,19+,20?,21-/m1/s1. The van der Waals surface area contributed by atoms with Crippen LogP contribution >= 0.6 is 0 Å². The fourth-order valence-electron chi connectivity index (χ4n) is 7.34. The fraction of sp³-hybridized carbons (Fsp3) is 0.500. The van der Waals surface area contributed by atoms with Crippen molar-refractivity contribution in [1.29, 1.82) is 0 Å². The molecule has 4 aromatic rings. The van der Waals surface area contributed by atoms with Crippen molar-refractivity contribution in [2.75, 3.05) is 17.7 Å². The van der Waals surface area contributed by atoms with E-state index >= 15 is 0 Å². The molecule has 1 aromatic carbocycles. The zero-order valence-electron chi connectivity index (χ0n) is 24.2. The van der Waals surface area contributed by atoms with Gasteiger partial charge in [0.15, 0.2) is 11.6 Å². The molecule has 1 unspecified atom stereocenters. The van der Waals surface area contributed by atoms with Crippen LogP contribution in [0.1, 0.15) is 42.5 Å². The number of methoxy groups -OCH3 is 1. The Morgan fingerprint density at radius 1 is 1.16 bits per heavy atom. The third-order valence-corrected chi connectivity index (χ3v) is 10.6. The van der Waals surface area contributed by atoms with Gasteiger partial charge in [-0.1, -0.05) is 0 Å². The van der Waals surface area contributed by atoms with Crippen LogP contribution in [0.3, 0.4) is 0 Å². The topological polar surface area (TPSA) is 125 Å². The van der Waals surface area contributed by atoms with Gasteiger partial charge >= 0.3 is 6.55 Å². The lowest BCUT2D eigenvalue weighted by Crippen LogP contribution is -2.35. The molecule has 2 bridgehead atoms. The molecule has 43 heavy (non-hydrogen) atoms. The van der Waals surface area contributed by atoms with Gasteiger partial charge in [-0.2, -0.15) is 13.1 Å². The maximum absolute atomic E-state index is 13.8. The molecule has 2 N–H and O–H groups in total. The SMILES string of the molecule is COc1cc(C(=O)C2C[C@@H]3C[C@@H](N)[C@H]2C3)cc2nc(-c3cc4ccc(N(C(F)F)S(C)(=O)=O)nc4n3CC3CC3)n(C)c12. The normalized spacial score (nSPS) is 23.6. The first-order valence-corrected chi connectivity index (χ1v) is 16.4. The van der Waals surface area contributed by atoms with E-state index in [-0.39, 0.29) is 33.8 Å². The fourth-order valence-corrected chi connectivity index (χ4v) is 8.07. The number of sulfonamides is 1. The summed E-state index contributed by atoms with van der Waals surface area (Å²) in [6.45, 7) is -2.69. The Morgan fingerprint density at radius 3 is 2.56 bits per heavy atom. The van der Waals surface area contributed by atoms with E-state index in [1.54, 1.807) is 19.2 Å². The number of carbonyl (C=O) groups is 1. The van der Waals surface area contributed by atoms with Gasteiger partial charge < -0.3 is 19.6 Å². The highest BCUT2D eigenvalue weighted by Crippen LogP contribution is 2.49. The van der Waals surface area contributed by atoms with Gasteiger partial charge in [0.1, 0.15) is 22.7 Å². The Kier molecular flexibility index (Phi) is 6.55. The number of halogens is 2. The number of imidazole rings is 1. The Morgan fingerprint density at radius 2 is 1.93 bits per heavy atom. The zero-order valence-corrected chi connectivity index (χ0v) is 25.0. The highest BCUT2D eigenvalue weighted by atomic mass is 32.2. The second kappa shape index (κ2) is 9.98. The minimum atomic E-state index is -4.26. The molecule has 13 heteroatoms. The third kappa shape index (κ3) is 4.67. The number of carbonyl (C=O) groups excluding carboxylic acids is 1. The van der Waals surface area contributed by atoms with Crippen molar-refractivity contribution in [3.8, 4) is 17.3 Å². The van der Waals surface area contributed by atoms with E-state index in [1.165, 1.54) is 6.07 Å². The monoisotopic (exact) mass is 612 g/mol. The van der Waals surface area contributed by atoms with Crippen molar-refractivity contribution in [3.05, 3.63) is 35.9 Å². The van der Waals surface area contributed by atoms with Gasteiger partial charge in [0.05, 0.1) is 24.6 Å². The lowest BCUT2D eigenvalue weighted by Gasteiger charge is -2.25. The maximum Gasteiger partial charge on any atom is 0.329 e. The molecule has 7 rings (SSSR count). The largest absolute Gasteiger partial charge is 0.494 e. The van der Waals surface area contributed by atoms with Gasteiger partial charge in [-0.15, -0.1) is 0 Å². The molecule has 0 aliphatic heterocycles. The molecule has 4 atom stereocenters. The molecule has 3 aliphatic rings. The van der Waals surface area contributed by atoms with Crippen LogP contribution in [0.15, 0.2) is 30.3 Å². The summed E-state index contributed by atoms with van der Waals surface area (Å²) in [6, 6.07) is 8.44. The summed E-state index contributed by atoms with van der Waals surface area (Å²) in [4.78, 5) is 23.1. The Balaban J connectivity index is 1.35. The summed E-state index contributed by atoms with van der Waals surface area (Å²) in [5.74, 6) is 1.86. The first-order valence-electron chi connectivity index (χ1n) is 14.6. The van der Waals surface area contributed by atoms with E-state index in [0.717, 1.165) is 43.9 Å². The van der Waals surface area contributed by atoms with E-state index in [2.05, 4.69) is 4.98 Å². The summed E-state index contributed by atoms with van der Waals surface area (Å²) in [5, 5.41) is 0.671. The molecule has 0 radical (unpaired) electrons. The molecule has 228 valence electrons. The number of hydrogen-bond acceptors (Lipinski definition) is 7. The minimum absolute atomic E-state index is 0.0298. The lowest BCUT2D eigenvalue weighted by atomic mass is 9.81. The van der Waals surface area contributed by atoms with E-state index < -0.39 is 16.6 Å². The molecule has 3 aromatic heterocycles. The quantitative estimate of drug-likeness (QED) is 0.217. The molecule has 0 spiro atoms. The zero-order chi connectivity index (χ0) is 30.4. The number of hydrogen-bond donors (Lipinski definition) is 1. The predicted octanol–water partition coefficient (Wildman–Crippen LogP) is 4.55. The smallest absolute Gasteiger partial charge is 0.329 e. The van der Waals surface area contributed by atoms with E-state index in [1.807, 2.05) is 28.3 Å². The molecule has 0 amide bonds. The molecule has 10 nitrogen and oxygen atoms in total. The highest BCUT2D eigenvalue weighted by molar-refractivity contribution is 7.92. The number of rotatable bonds is 9. The van der Waals surface area contributed by atoms with Crippen molar-refractivity contribution in [2.45, 2.75) is 51.2 Å². The highest BCUT2D eigenvalue weighted by Gasteiger charge is 2.47. The minimum Gasteiger partial charge on any atom is -0.494 e. The first-order chi connectivity index (χ1) is 20.4. The maximum atomic E-state index is 13.8. The average Bonchev–Trinajstić information content (AvgIpc) is 3.23. The summed E-state index contributed by atoms with van der Waals surface area (Å²) in [7, 11) is -0.834. The number of benzene rings is 1. The molecule has 3 fully saturated rings. The second-order valence-corrected chi connectivity index (χ2v) is 14.3. The number of ketones is 1. The third-order valence-electron chi connectivity index (χ3n) is 9.50. The number of aromatic nitrogens is 4. The van der Waals surface area contributed by atoms with Crippen LogP contribution in [0.25, 0.3) is 33.6 Å². The molecule has 0 saturated heterocycles. The number of ether oxygens (including phenoxy) is 1. The second-order valence-electron chi connectivity index (χ2n) is 12.4. The van der Waals surface area contributed by atoms with E-state index in [0.29, 0.717) is 57.8 Å². The molecule has 3 saturated carbocycles. The van der Waals surface area contributed by atoms with Gasteiger partial charge in [-0.25, -0.2) is 18.4 Å². The van der Waals surface area contributed by atoms with Crippen molar-refractivity contribution >= 4 is 43.7 Å². The Hall–Kier alpha value is -3.58. The van der Waals surface area contributed by atoms with Gasteiger partial charge in [0.2, 0.25) is 10.0 Å². The van der Waals surface area contributed by atoms with Crippen molar-refractivity contribution in [1.82, 2.24) is 19.1 Å². The van der Waals surface area contributed by atoms with Crippen molar-refractivity contribution < 1.29 is 26.7 Å². The van der Waals surface area contributed by atoms with Crippen LogP contribution in [0, 0.1) is 23.7 Å². The Labute approximate surface area is 247 Å². The number of nitrogens with zero attached hydrogens (tertiary/aromatic N) is 5.